The third kappa shape index (κ3) is 2.19. The van der Waals surface area contributed by atoms with Gasteiger partial charge in [-0.1, -0.05) is 23.2 Å². The van der Waals surface area contributed by atoms with E-state index in [9.17, 15) is 0 Å². The van der Waals surface area contributed by atoms with Gasteiger partial charge in [-0.2, -0.15) is 0 Å². The summed E-state index contributed by atoms with van der Waals surface area (Å²) in [6.45, 7) is 3.75. The maximum Gasteiger partial charge on any atom is 0.134 e. The molecule has 1 radical (unpaired) electrons. The van der Waals surface area contributed by atoms with Crippen molar-refractivity contribution >= 4 is 23.2 Å². The van der Waals surface area contributed by atoms with E-state index in [1.165, 1.54) is 0 Å². The molecule has 1 aromatic carbocycles. The molecule has 0 aliphatic rings. The summed E-state index contributed by atoms with van der Waals surface area (Å²) in [6.07, 6.45) is 0.640. The van der Waals surface area contributed by atoms with Crippen LogP contribution in [0.5, 0.6) is 0 Å². The highest BCUT2D eigenvalue weighted by Gasteiger charge is 2.05. The Labute approximate surface area is 98.6 Å². The van der Waals surface area contributed by atoms with Crippen molar-refractivity contribution in [1.29, 1.82) is 0 Å². The minimum absolute atomic E-state index is 0.529. The van der Waals surface area contributed by atoms with Gasteiger partial charge in [0.2, 0.25) is 0 Å². The highest BCUT2D eigenvalue weighted by molar-refractivity contribution is 6.42. The molecule has 3 heteroatoms. The van der Waals surface area contributed by atoms with Gasteiger partial charge in [0.15, 0.2) is 0 Å². The summed E-state index contributed by atoms with van der Waals surface area (Å²) in [5.41, 5.74) is 0.920. The number of halogens is 2. The van der Waals surface area contributed by atoms with Crippen LogP contribution in [0, 0.1) is 6.92 Å². The Kier molecular flexibility index (Phi) is 3.03. The lowest BCUT2D eigenvalue weighted by molar-refractivity contribution is 0.536. The quantitative estimate of drug-likeness (QED) is 0.745. The lowest BCUT2D eigenvalue weighted by atomic mass is 10.2. The SMILES string of the molecule is [CH2]Cc1ccc(-c2ccc(Cl)c(Cl)c2)o1. The van der Waals surface area contributed by atoms with Gasteiger partial charge in [-0.15, -0.1) is 0 Å². The lowest BCUT2D eigenvalue weighted by Gasteiger charge is -1.99. The van der Waals surface area contributed by atoms with Crippen molar-refractivity contribution in [2.24, 2.45) is 0 Å². The van der Waals surface area contributed by atoms with E-state index in [4.69, 9.17) is 27.6 Å². The van der Waals surface area contributed by atoms with Gasteiger partial charge in [-0.25, -0.2) is 0 Å². The minimum atomic E-state index is 0.529. The van der Waals surface area contributed by atoms with Crippen molar-refractivity contribution in [3.05, 3.63) is 53.1 Å². The number of rotatable bonds is 2. The zero-order chi connectivity index (χ0) is 10.8. The second-order valence-corrected chi connectivity index (χ2v) is 3.96. The third-order valence-electron chi connectivity index (χ3n) is 2.11. The first-order chi connectivity index (χ1) is 7.20. The van der Waals surface area contributed by atoms with Crippen LogP contribution < -0.4 is 0 Å². The van der Waals surface area contributed by atoms with E-state index in [1.807, 2.05) is 18.2 Å². The van der Waals surface area contributed by atoms with E-state index < -0.39 is 0 Å². The molecule has 2 aromatic rings. The van der Waals surface area contributed by atoms with Crippen LogP contribution >= 0.6 is 23.2 Å². The molecule has 0 fully saturated rings. The van der Waals surface area contributed by atoms with Gasteiger partial charge in [0.25, 0.3) is 0 Å². The van der Waals surface area contributed by atoms with Gasteiger partial charge in [0.1, 0.15) is 11.5 Å². The first kappa shape index (κ1) is 10.6. The molecule has 1 aromatic heterocycles. The summed E-state index contributed by atoms with van der Waals surface area (Å²) in [7, 11) is 0. The molecule has 2 rings (SSSR count). The first-order valence-corrected chi connectivity index (χ1v) is 5.29. The largest absolute Gasteiger partial charge is 0.461 e. The zero-order valence-electron chi connectivity index (χ0n) is 7.97. The average Bonchev–Trinajstić information content (AvgIpc) is 2.70. The molecule has 0 spiro atoms. The highest BCUT2D eigenvalue weighted by atomic mass is 35.5. The average molecular weight is 240 g/mol. The predicted octanol–water partition coefficient (Wildman–Crippen LogP) is 4.63. The Morgan fingerprint density at radius 1 is 1.07 bits per heavy atom. The van der Waals surface area contributed by atoms with Crippen molar-refractivity contribution < 1.29 is 4.42 Å². The number of hydrogen-bond acceptors (Lipinski definition) is 1. The number of hydrogen-bond donors (Lipinski definition) is 0. The van der Waals surface area contributed by atoms with E-state index in [-0.39, 0.29) is 0 Å². The maximum atomic E-state index is 5.92. The Bertz CT molecular complexity index is 474. The van der Waals surface area contributed by atoms with Gasteiger partial charge in [0, 0.05) is 12.0 Å². The summed E-state index contributed by atoms with van der Waals surface area (Å²) >= 11 is 11.7. The van der Waals surface area contributed by atoms with Gasteiger partial charge >= 0.3 is 0 Å². The third-order valence-corrected chi connectivity index (χ3v) is 2.85. The lowest BCUT2D eigenvalue weighted by Crippen LogP contribution is -1.75. The molecule has 0 aliphatic heterocycles. The first-order valence-electron chi connectivity index (χ1n) is 4.54. The van der Waals surface area contributed by atoms with Crippen LogP contribution in [0.3, 0.4) is 0 Å². The second kappa shape index (κ2) is 4.30. The molecule has 1 nitrogen and oxygen atoms in total. The van der Waals surface area contributed by atoms with Gasteiger partial charge in [-0.3, -0.25) is 0 Å². The smallest absolute Gasteiger partial charge is 0.134 e. The summed E-state index contributed by atoms with van der Waals surface area (Å²) in [5, 5.41) is 1.08. The Morgan fingerprint density at radius 3 is 2.47 bits per heavy atom. The van der Waals surface area contributed by atoms with Gasteiger partial charge in [0.05, 0.1) is 10.0 Å². The molecule has 0 atom stereocenters. The monoisotopic (exact) mass is 239 g/mol. The maximum absolute atomic E-state index is 5.92. The normalized spacial score (nSPS) is 10.6. The van der Waals surface area contributed by atoms with Crippen LogP contribution in [0.25, 0.3) is 11.3 Å². The fourth-order valence-corrected chi connectivity index (χ4v) is 1.61. The highest BCUT2D eigenvalue weighted by Crippen LogP contribution is 2.29. The molecule has 77 valence electrons. The van der Waals surface area contributed by atoms with Crippen LogP contribution in [0.2, 0.25) is 10.0 Å². The van der Waals surface area contributed by atoms with Crippen molar-refractivity contribution in [1.82, 2.24) is 0 Å². The zero-order valence-corrected chi connectivity index (χ0v) is 9.48. The fourth-order valence-electron chi connectivity index (χ4n) is 1.32. The standard InChI is InChI=1S/C12H9Cl2O/c1-2-9-4-6-12(15-9)8-3-5-10(13)11(14)7-8/h3-7H,1-2H2. The van der Waals surface area contributed by atoms with Crippen molar-refractivity contribution in [3.8, 4) is 11.3 Å². The predicted molar refractivity (Wildman–Crippen MR) is 63.2 cm³/mol. The topological polar surface area (TPSA) is 13.1 Å². The summed E-state index contributed by atoms with van der Waals surface area (Å²) < 4.78 is 5.55. The second-order valence-electron chi connectivity index (χ2n) is 3.14. The van der Waals surface area contributed by atoms with Gasteiger partial charge < -0.3 is 4.42 Å². The summed E-state index contributed by atoms with van der Waals surface area (Å²) in [4.78, 5) is 0. The molecule has 0 N–H and O–H groups in total. The van der Waals surface area contributed by atoms with Crippen LogP contribution in [-0.4, -0.2) is 0 Å². The fraction of sp³-hybridized carbons (Fsp3) is 0.0833. The number of benzene rings is 1. The van der Waals surface area contributed by atoms with Gasteiger partial charge in [-0.05, 0) is 37.3 Å². The molecule has 15 heavy (non-hydrogen) atoms. The molecule has 0 saturated heterocycles. The summed E-state index contributed by atoms with van der Waals surface area (Å²) in [5.74, 6) is 1.64. The minimum Gasteiger partial charge on any atom is -0.461 e. The Balaban J connectivity index is 2.40. The van der Waals surface area contributed by atoms with Crippen molar-refractivity contribution in [3.63, 3.8) is 0 Å². The van der Waals surface area contributed by atoms with Crippen LogP contribution in [0.1, 0.15) is 5.76 Å². The Morgan fingerprint density at radius 2 is 1.87 bits per heavy atom. The molecule has 0 saturated carbocycles. The summed E-state index contributed by atoms with van der Waals surface area (Å²) in [6, 6.07) is 9.23. The Hall–Kier alpha value is -0.920. The van der Waals surface area contributed by atoms with E-state index in [0.717, 1.165) is 17.1 Å². The van der Waals surface area contributed by atoms with Crippen LogP contribution in [0.15, 0.2) is 34.7 Å². The molecule has 0 aliphatic carbocycles. The van der Waals surface area contributed by atoms with Crippen molar-refractivity contribution in [2.45, 2.75) is 6.42 Å². The van der Waals surface area contributed by atoms with Crippen molar-refractivity contribution in [2.75, 3.05) is 0 Å². The number of furan rings is 1. The molecular formula is C12H9Cl2O. The van der Waals surface area contributed by atoms with E-state index in [1.54, 1.807) is 12.1 Å². The molecule has 0 amide bonds. The van der Waals surface area contributed by atoms with E-state index in [0.29, 0.717) is 16.5 Å². The molecule has 0 unspecified atom stereocenters. The van der Waals surface area contributed by atoms with E-state index >= 15 is 0 Å². The molecule has 1 heterocycles. The van der Waals surface area contributed by atoms with Crippen LogP contribution in [0.4, 0.5) is 0 Å². The van der Waals surface area contributed by atoms with Crippen LogP contribution in [-0.2, 0) is 6.42 Å². The molecular weight excluding hydrogens is 231 g/mol. The molecule has 0 bridgehead atoms. The van der Waals surface area contributed by atoms with E-state index in [2.05, 4.69) is 6.92 Å².